The lowest BCUT2D eigenvalue weighted by atomic mass is 9.78. The van der Waals surface area contributed by atoms with Crippen LogP contribution in [0.25, 0.3) is 0 Å². The fraction of sp³-hybridized carbons (Fsp3) is 0.348. The van der Waals surface area contributed by atoms with E-state index < -0.39 is 35.3 Å². The van der Waals surface area contributed by atoms with Crippen molar-refractivity contribution in [3.05, 3.63) is 172 Å². The summed E-state index contributed by atoms with van der Waals surface area (Å²) >= 11 is 0. The van der Waals surface area contributed by atoms with Crippen LogP contribution in [0.15, 0.2) is 133 Å². The first-order valence-electron chi connectivity index (χ1n) is 18.8. The number of ether oxygens (including phenoxy) is 6. The van der Waals surface area contributed by atoms with E-state index in [0.717, 1.165) is 39.1 Å². The summed E-state index contributed by atoms with van der Waals surface area (Å²) in [6.45, 7) is 5.81. The average molecular weight is 713 g/mol. The van der Waals surface area contributed by atoms with Gasteiger partial charge in [0.05, 0.1) is 38.6 Å². The van der Waals surface area contributed by atoms with Crippen LogP contribution in [0, 0.1) is 6.92 Å². The van der Waals surface area contributed by atoms with Crippen LogP contribution in [0.2, 0.25) is 0 Å². The third-order valence-corrected chi connectivity index (χ3v) is 11.0. The molecular formula is C46H48O7. The van der Waals surface area contributed by atoms with E-state index in [9.17, 15) is 5.11 Å². The number of aryl methyl sites for hydroxylation is 1. The number of fused-ring (bicyclic) bond motifs is 2. The smallest absolute Gasteiger partial charge is 0.225 e. The minimum absolute atomic E-state index is 0.126. The molecule has 1 saturated carbocycles. The topological polar surface area (TPSA) is 75.6 Å². The summed E-state index contributed by atoms with van der Waals surface area (Å²) in [6.07, 6.45) is -0.260. The summed E-state index contributed by atoms with van der Waals surface area (Å²) in [6, 6.07) is 44.9. The van der Waals surface area contributed by atoms with Crippen LogP contribution in [-0.2, 0) is 55.7 Å². The lowest BCUT2D eigenvalue weighted by Gasteiger charge is -2.52. The molecule has 2 aliphatic heterocycles. The minimum Gasteiger partial charge on any atom is -0.494 e. The largest absolute Gasteiger partial charge is 0.494 e. The standard InChI is InChI=1S/C46H48O7/c1-3-48-40-23-20-34(21-24-40)27-38-28-39(22-19-33(38)2)46-43(51-31-37-17-11-6-12-18-37)41(49-29-35-13-7-4-8-14-35)42(50-30-36-15-9-5-10-16-36)45(53-46,32-52-46)44(47)25-26-44/h4-24,28,41-43,47H,3,25-27,29-32H2,1-2H3/t41-,42-,43+,45-,46-/m0/s1. The van der Waals surface area contributed by atoms with E-state index in [1.165, 1.54) is 5.56 Å². The van der Waals surface area contributed by atoms with Crippen LogP contribution in [0.4, 0.5) is 0 Å². The predicted octanol–water partition coefficient (Wildman–Crippen LogP) is 8.22. The van der Waals surface area contributed by atoms with Crippen molar-refractivity contribution in [1.82, 2.24) is 0 Å². The number of benzene rings is 5. The molecule has 1 N–H and O–H groups in total. The van der Waals surface area contributed by atoms with Gasteiger partial charge in [-0.3, -0.25) is 0 Å². The fourth-order valence-electron chi connectivity index (χ4n) is 7.87. The van der Waals surface area contributed by atoms with E-state index in [0.29, 0.717) is 45.7 Å². The van der Waals surface area contributed by atoms with Crippen molar-refractivity contribution in [3.63, 3.8) is 0 Å². The van der Waals surface area contributed by atoms with E-state index in [4.69, 9.17) is 28.4 Å². The van der Waals surface area contributed by atoms with Crippen molar-refractivity contribution in [2.45, 2.75) is 88.2 Å². The molecule has 7 heteroatoms. The Labute approximate surface area is 312 Å². The highest BCUT2D eigenvalue weighted by Gasteiger charge is 2.77. The molecule has 0 unspecified atom stereocenters. The maximum atomic E-state index is 12.2. The van der Waals surface area contributed by atoms with E-state index in [1.807, 2.05) is 97.9 Å². The predicted molar refractivity (Wildman–Crippen MR) is 202 cm³/mol. The molecule has 7 nitrogen and oxygen atoms in total. The summed E-state index contributed by atoms with van der Waals surface area (Å²) in [5.74, 6) is -0.531. The van der Waals surface area contributed by atoms with Crippen LogP contribution in [0.1, 0.15) is 58.7 Å². The maximum Gasteiger partial charge on any atom is 0.225 e. The van der Waals surface area contributed by atoms with Crippen LogP contribution in [0.5, 0.6) is 5.75 Å². The summed E-state index contributed by atoms with van der Waals surface area (Å²) < 4.78 is 40.9. The van der Waals surface area contributed by atoms with Crippen LogP contribution < -0.4 is 4.74 Å². The van der Waals surface area contributed by atoms with E-state index in [1.54, 1.807) is 0 Å². The molecule has 3 fully saturated rings. The highest BCUT2D eigenvalue weighted by molar-refractivity contribution is 5.41. The molecule has 5 aromatic rings. The third kappa shape index (κ3) is 7.18. The highest BCUT2D eigenvalue weighted by atomic mass is 16.8. The summed E-state index contributed by atoms with van der Waals surface area (Å²) in [5, 5.41) is 12.2. The monoisotopic (exact) mass is 712 g/mol. The van der Waals surface area contributed by atoms with Gasteiger partial charge in [0, 0.05) is 5.56 Å². The Balaban J connectivity index is 1.22. The Hall–Kier alpha value is -4.34. The SMILES string of the molecule is CCOc1ccc(Cc2cc([C@]34OC[C@](C5(O)CC5)(O3)[C@@H](OCc3ccccc3)[C@H](OCc3ccccc3)[C@H]4OCc3ccccc3)ccc2C)cc1. The van der Waals surface area contributed by atoms with Gasteiger partial charge in [0.15, 0.2) is 5.60 Å². The van der Waals surface area contributed by atoms with Crippen molar-refractivity contribution < 1.29 is 33.5 Å². The fourth-order valence-corrected chi connectivity index (χ4v) is 7.87. The third-order valence-electron chi connectivity index (χ3n) is 11.0. The van der Waals surface area contributed by atoms with E-state index in [-0.39, 0.29) is 6.61 Å². The van der Waals surface area contributed by atoms with Crippen molar-refractivity contribution >= 4 is 0 Å². The van der Waals surface area contributed by atoms with Crippen molar-refractivity contribution in [3.8, 4) is 5.75 Å². The summed E-state index contributed by atoms with van der Waals surface area (Å²) in [4.78, 5) is 0. The normalized spacial score (nSPS) is 25.6. The van der Waals surface area contributed by atoms with E-state index in [2.05, 4.69) is 49.4 Å². The Morgan fingerprint density at radius 1 is 0.660 bits per heavy atom. The molecule has 0 spiro atoms. The molecule has 0 radical (unpaired) electrons. The van der Waals surface area contributed by atoms with Gasteiger partial charge in [-0.1, -0.05) is 115 Å². The molecule has 5 atom stereocenters. The zero-order chi connectivity index (χ0) is 36.3. The first-order chi connectivity index (χ1) is 25.9. The molecule has 8 rings (SSSR count). The molecule has 53 heavy (non-hydrogen) atoms. The second-order valence-corrected chi connectivity index (χ2v) is 14.6. The Bertz CT molecular complexity index is 1950. The number of aliphatic hydroxyl groups is 1. The summed E-state index contributed by atoms with van der Waals surface area (Å²) in [5.41, 5.74) is 4.99. The van der Waals surface area contributed by atoms with Gasteiger partial charge < -0.3 is 33.5 Å². The second kappa shape index (κ2) is 15.2. The zero-order valence-corrected chi connectivity index (χ0v) is 30.5. The van der Waals surface area contributed by atoms with E-state index >= 15 is 0 Å². The number of hydrogen-bond donors (Lipinski definition) is 1. The van der Waals surface area contributed by atoms with Crippen molar-refractivity contribution in [1.29, 1.82) is 0 Å². The average Bonchev–Trinajstić information content (AvgIpc) is 3.86. The maximum absolute atomic E-state index is 12.2. The molecule has 2 bridgehead atoms. The molecule has 2 saturated heterocycles. The van der Waals surface area contributed by atoms with Crippen molar-refractivity contribution in [2.24, 2.45) is 0 Å². The molecule has 3 aliphatic rings. The quantitative estimate of drug-likeness (QED) is 0.117. The van der Waals surface area contributed by atoms with Gasteiger partial charge in [0.1, 0.15) is 24.1 Å². The molecule has 2 heterocycles. The van der Waals surface area contributed by atoms with Gasteiger partial charge in [-0.05, 0) is 84.7 Å². The van der Waals surface area contributed by atoms with Gasteiger partial charge in [0.2, 0.25) is 5.79 Å². The lowest BCUT2D eigenvalue weighted by Crippen LogP contribution is -2.70. The number of hydrogen-bond acceptors (Lipinski definition) is 7. The van der Waals surface area contributed by atoms with Gasteiger partial charge in [-0.2, -0.15) is 0 Å². The molecular weight excluding hydrogens is 664 g/mol. The van der Waals surface area contributed by atoms with Crippen LogP contribution in [-0.4, -0.2) is 47.8 Å². The molecule has 0 amide bonds. The lowest BCUT2D eigenvalue weighted by molar-refractivity contribution is -0.363. The Morgan fingerprint density at radius 3 is 1.79 bits per heavy atom. The van der Waals surface area contributed by atoms with Gasteiger partial charge in [-0.15, -0.1) is 0 Å². The summed E-state index contributed by atoms with van der Waals surface area (Å²) in [7, 11) is 0. The minimum atomic E-state index is -1.39. The van der Waals surface area contributed by atoms with Crippen LogP contribution in [0.3, 0.4) is 0 Å². The van der Waals surface area contributed by atoms with Crippen LogP contribution >= 0.6 is 0 Å². The molecule has 5 aromatic carbocycles. The number of rotatable bonds is 15. The molecule has 1 aliphatic carbocycles. The second-order valence-electron chi connectivity index (χ2n) is 14.6. The van der Waals surface area contributed by atoms with Gasteiger partial charge >= 0.3 is 0 Å². The zero-order valence-electron chi connectivity index (χ0n) is 30.5. The molecule has 0 aromatic heterocycles. The van der Waals surface area contributed by atoms with Crippen molar-refractivity contribution in [2.75, 3.05) is 13.2 Å². The first-order valence-corrected chi connectivity index (χ1v) is 18.8. The molecule has 274 valence electrons. The van der Waals surface area contributed by atoms with Gasteiger partial charge in [0.25, 0.3) is 0 Å². The van der Waals surface area contributed by atoms with Gasteiger partial charge in [-0.25, -0.2) is 0 Å². The first kappa shape index (κ1) is 35.7. The Morgan fingerprint density at radius 2 is 1.23 bits per heavy atom. The Kier molecular flexibility index (Phi) is 10.2. The highest BCUT2D eigenvalue weighted by Crippen LogP contribution is 2.61.